The number of rotatable bonds is 10. The molecular formula is C17H28N2O3. The fourth-order valence-electron chi connectivity index (χ4n) is 2.27. The zero-order valence-electron chi connectivity index (χ0n) is 13.8. The fraction of sp³-hybridized carbons (Fsp3) is 0.588. The summed E-state index contributed by atoms with van der Waals surface area (Å²) in [4.78, 5) is 13.1. The van der Waals surface area contributed by atoms with E-state index in [4.69, 9.17) is 10.5 Å². The summed E-state index contributed by atoms with van der Waals surface area (Å²) < 4.78 is 5.59. The molecule has 0 aliphatic rings. The van der Waals surface area contributed by atoms with Gasteiger partial charge in [0.2, 0.25) is 5.91 Å². The predicted octanol–water partition coefficient (Wildman–Crippen LogP) is 1.57. The predicted molar refractivity (Wildman–Crippen MR) is 87.8 cm³/mol. The van der Waals surface area contributed by atoms with E-state index in [1.54, 1.807) is 12.1 Å². The van der Waals surface area contributed by atoms with Crippen molar-refractivity contribution >= 4 is 5.91 Å². The Balaban J connectivity index is 2.42. The Morgan fingerprint density at radius 2 is 1.95 bits per heavy atom. The first-order valence-electron chi connectivity index (χ1n) is 7.84. The maximum absolute atomic E-state index is 10.8. The quantitative estimate of drug-likeness (QED) is 0.688. The lowest BCUT2D eigenvalue weighted by Crippen LogP contribution is -2.40. The molecule has 0 saturated carbocycles. The summed E-state index contributed by atoms with van der Waals surface area (Å²) >= 11 is 0. The largest absolute Gasteiger partial charge is 0.491 e. The molecule has 0 heterocycles. The van der Waals surface area contributed by atoms with Gasteiger partial charge >= 0.3 is 0 Å². The van der Waals surface area contributed by atoms with Crippen LogP contribution in [0.3, 0.4) is 0 Å². The number of carbonyl (C=O) groups is 1. The molecule has 5 nitrogen and oxygen atoms in total. The molecule has 1 unspecified atom stereocenters. The van der Waals surface area contributed by atoms with Crippen molar-refractivity contribution in [1.29, 1.82) is 0 Å². The van der Waals surface area contributed by atoms with Crippen LogP contribution in [0.2, 0.25) is 0 Å². The van der Waals surface area contributed by atoms with E-state index in [2.05, 4.69) is 25.7 Å². The second kappa shape index (κ2) is 9.43. The van der Waals surface area contributed by atoms with E-state index in [0.29, 0.717) is 18.3 Å². The van der Waals surface area contributed by atoms with Gasteiger partial charge in [0.15, 0.2) is 0 Å². The molecule has 0 spiro atoms. The number of hydrogen-bond donors (Lipinski definition) is 2. The third-order valence-corrected chi connectivity index (χ3v) is 3.43. The van der Waals surface area contributed by atoms with Crippen molar-refractivity contribution in [3.05, 3.63) is 29.8 Å². The van der Waals surface area contributed by atoms with E-state index in [1.165, 1.54) is 0 Å². The van der Waals surface area contributed by atoms with Gasteiger partial charge in [-0.25, -0.2) is 0 Å². The number of nitrogens with two attached hydrogens (primary N) is 1. The molecule has 0 aliphatic carbocycles. The molecule has 3 N–H and O–H groups in total. The summed E-state index contributed by atoms with van der Waals surface area (Å²) in [6.07, 6.45) is 0.760. The standard InChI is InChI=1S/C17H28N2O3/c1-4-9-19(13(2)3)11-15(20)12-22-16-7-5-14(6-8-16)10-17(18)21/h5-8,13,15,20H,4,9-12H2,1-3H3,(H2,18,21). The fourth-order valence-corrected chi connectivity index (χ4v) is 2.27. The number of aliphatic hydroxyl groups excluding tert-OH is 1. The molecule has 1 aromatic rings. The van der Waals surface area contributed by atoms with Gasteiger partial charge in [0.05, 0.1) is 6.42 Å². The maximum Gasteiger partial charge on any atom is 0.221 e. The molecule has 1 amide bonds. The van der Waals surface area contributed by atoms with Gasteiger partial charge in [0, 0.05) is 12.6 Å². The number of carbonyl (C=O) groups excluding carboxylic acids is 1. The van der Waals surface area contributed by atoms with Crippen LogP contribution >= 0.6 is 0 Å². The first-order chi connectivity index (χ1) is 10.4. The molecule has 0 fully saturated rings. The first-order valence-corrected chi connectivity index (χ1v) is 7.84. The molecule has 1 aromatic carbocycles. The van der Waals surface area contributed by atoms with Gasteiger partial charge < -0.3 is 15.6 Å². The monoisotopic (exact) mass is 308 g/mol. The highest BCUT2D eigenvalue weighted by atomic mass is 16.5. The van der Waals surface area contributed by atoms with Crippen LogP contribution < -0.4 is 10.5 Å². The Morgan fingerprint density at radius 3 is 2.45 bits per heavy atom. The first kappa shape index (κ1) is 18.5. The van der Waals surface area contributed by atoms with Gasteiger partial charge in [-0.05, 0) is 44.5 Å². The molecule has 0 saturated heterocycles. The van der Waals surface area contributed by atoms with Crippen LogP contribution in [-0.4, -0.2) is 47.8 Å². The van der Waals surface area contributed by atoms with Crippen molar-refractivity contribution in [3.8, 4) is 5.75 Å². The van der Waals surface area contributed by atoms with Crippen molar-refractivity contribution in [1.82, 2.24) is 4.90 Å². The lowest BCUT2D eigenvalue weighted by atomic mass is 10.1. The molecule has 0 aliphatic heterocycles. The van der Waals surface area contributed by atoms with Crippen molar-refractivity contribution in [3.63, 3.8) is 0 Å². The molecule has 1 atom stereocenters. The molecular weight excluding hydrogens is 280 g/mol. The van der Waals surface area contributed by atoms with E-state index >= 15 is 0 Å². The Labute approximate surface area is 133 Å². The van der Waals surface area contributed by atoms with E-state index in [9.17, 15) is 9.90 Å². The number of hydrogen-bond acceptors (Lipinski definition) is 4. The number of nitrogens with zero attached hydrogens (tertiary/aromatic N) is 1. The summed E-state index contributed by atoms with van der Waals surface area (Å²) in [5, 5.41) is 10.1. The number of amides is 1. The highest BCUT2D eigenvalue weighted by Crippen LogP contribution is 2.13. The zero-order chi connectivity index (χ0) is 16.5. The van der Waals surface area contributed by atoms with Crippen LogP contribution in [0.5, 0.6) is 5.75 Å². The third-order valence-electron chi connectivity index (χ3n) is 3.43. The van der Waals surface area contributed by atoms with Crippen molar-refractivity contribution in [2.24, 2.45) is 5.73 Å². The minimum absolute atomic E-state index is 0.225. The molecule has 0 aromatic heterocycles. The van der Waals surface area contributed by atoms with Gasteiger partial charge in [-0.3, -0.25) is 9.69 Å². The van der Waals surface area contributed by atoms with Gasteiger partial charge in [0.25, 0.3) is 0 Å². The van der Waals surface area contributed by atoms with Crippen molar-refractivity contribution in [2.75, 3.05) is 19.7 Å². The number of ether oxygens (including phenoxy) is 1. The summed E-state index contributed by atoms with van der Waals surface area (Å²) in [6.45, 7) is 8.21. The Hall–Kier alpha value is -1.59. The molecule has 0 radical (unpaired) electrons. The number of aliphatic hydroxyl groups is 1. The summed E-state index contributed by atoms with van der Waals surface area (Å²) in [7, 11) is 0. The van der Waals surface area contributed by atoms with Crippen molar-refractivity contribution in [2.45, 2.75) is 45.8 Å². The Kier molecular flexibility index (Phi) is 7.91. The van der Waals surface area contributed by atoms with Crippen LogP contribution in [0, 0.1) is 0 Å². The maximum atomic E-state index is 10.8. The van der Waals surface area contributed by atoms with Crippen LogP contribution in [0.25, 0.3) is 0 Å². The van der Waals surface area contributed by atoms with E-state index in [0.717, 1.165) is 18.5 Å². The van der Waals surface area contributed by atoms with E-state index in [-0.39, 0.29) is 18.9 Å². The van der Waals surface area contributed by atoms with Gasteiger partial charge in [-0.2, -0.15) is 0 Å². The topological polar surface area (TPSA) is 75.8 Å². The van der Waals surface area contributed by atoms with Gasteiger partial charge in [-0.1, -0.05) is 19.1 Å². The normalized spacial score (nSPS) is 12.6. The van der Waals surface area contributed by atoms with Crippen LogP contribution in [0.1, 0.15) is 32.8 Å². The molecule has 124 valence electrons. The van der Waals surface area contributed by atoms with Gasteiger partial charge in [0.1, 0.15) is 18.5 Å². The summed E-state index contributed by atoms with van der Waals surface area (Å²) in [5.41, 5.74) is 6.00. The minimum atomic E-state index is -0.528. The second-order valence-electron chi connectivity index (χ2n) is 5.84. The summed E-state index contributed by atoms with van der Waals surface area (Å²) in [6, 6.07) is 7.60. The van der Waals surface area contributed by atoms with Crippen LogP contribution in [0.15, 0.2) is 24.3 Å². The smallest absolute Gasteiger partial charge is 0.221 e. The average molecular weight is 308 g/mol. The highest BCUT2D eigenvalue weighted by molar-refractivity contribution is 5.76. The number of benzene rings is 1. The average Bonchev–Trinajstić information content (AvgIpc) is 2.45. The second-order valence-corrected chi connectivity index (χ2v) is 5.84. The molecule has 5 heteroatoms. The highest BCUT2D eigenvalue weighted by Gasteiger charge is 2.14. The molecule has 0 bridgehead atoms. The van der Waals surface area contributed by atoms with Crippen molar-refractivity contribution < 1.29 is 14.6 Å². The summed E-state index contributed by atoms with van der Waals surface area (Å²) in [5.74, 6) is 0.327. The van der Waals surface area contributed by atoms with Crippen LogP contribution in [-0.2, 0) is 11.2 Å². The lowest BCUT2D eigenvalue weighted by Gasteiger charge is -2.28. The van der Waals surface area contributed by atoms with Gasteiger partial charge in [-0.15, -0.1) is 0 Å². The lowest BCUT2D eigenvalue weighted by molar-refractivity contribution is -0.117. The van der Waals surface area contributed by atoms with E-state index < -0.39 is 6.10 Å². The Morgan fingerprint density at radius 1 is 1.32 bits per heavy atom. The minimum Gasteiger partial charge on any atom is -0.491 e. The zero-order valence-corrected chi connectivity index (χ0v) is 13.8. The third kappa shape index (κ3) is 6.91. The SMILES string of the molecule is CCCN(CC(O)COc1ccc(CC(N)=O)cc1)C(C)C. The van der Waals surface area contributed by atoms with E-state index in [1.807, 2.05) is 12.1 Å². The molecule has 22 heavy (non-hydrogen) atoms. The van der Waals surface area contributed by atoms with Crippen LogP contribution in [0.4, 0.5) is 0 Å². The number of primary amides is 1. The Bertz CT molecular complexity index is 446. The molecule has 1 rings (SSSR count).